The highest BCUT2D eigenvalue weighted by Crippen LogP contribution is 2.25. The van der Waals surface area contributed by atoms with Gasteiger partial charge in [-0.3, -0.25) is 4.68 Å². The van der Waals surface area contributed by atoms with Crippen LogP contribution in [0.2, 0.25) is 0 Å². The van der Waals surface area contributed by atoms with E-state index in [1.165, 1.54) is 12.1 Å². The van der Waals surface area contributed by atoms with E-state index in [1.807, 2.05) is 20.0 Å². The molecule has 0 aliphatic rings. The van der Waals surface area contributed by atoms with E-state index in [9.17, 15) is 4.39 Å². The Morgan fingerprint density at radius 2 is 2.18 bits per heavy atom. The van der Waals surface area contributed by atoms with E-state index in [0.29, 0.717) is 6.54 Å². The fourth-order valence-corrected chi connectivity index (χ4v) is 2.10. The predicted octanol–water partition coefficient (Wildman–Crippen LogP) is 2.04. The van der Waals surface area contributed by atoms with Gasteiger partial charge >= 0.3 is 0 Å². The first-order valence-electron chi connectivity index (χ1n) is 5.62. The molecule has 0 fully saturated rings. The van der Waals surface area contributed by atoms with Crippen LogP contribution in [0.3, 0.4) is 0 Å². The summed E-state index contributed by atoms with van der Waals surface area (Å²) in [7, 11) is 1.87. The van der Waals surface area contributed by atoms with E-state index in [-0.39, 0.29) is 5.82 Å². The van der Waals surface area contributed by atoms with Gasteiger partial charge in [0.25, 0.3) is 0 Å². The van der Waals surface area contributed by atoms with Gasteiger partial charge in [-0.05, 0) is 31.2 Å². The molecule has 2 N–H and O–H groups in total. The van der Waals surface area contributed by atoms with Gasteiger partial charge in [0.1, 0.15) is 5.82 Å². The third-order valence-corrected chi connectivity index (χ3v) is 2.86. The van der Waals surface area contributed by atoms with Gasteiger partial charge in [-0.25, -0.2) is 4.39 Å². The lowest BCUT2D eigenvalue weighted by atomic mass is 10.1. The van der Waals surface area contributed by atoms with Gasteiger partial charge in [0.05, 0.1) is 11.4 Å². The summed E-state index contributed by atoms with van der Waals surface area (Å²) in [5.74, 6) is -0.233. The second kappa shape index (κ2) is 4.67. The van der Waals surface area contributed by atoms with E-state index < -0.39 is 0 Å². The van der Waals surface area contributed by atoms with Gasteiger partial charge in [0.2, 0.25) is 0 Å². The first-order valence-corrected chi connectivity index (χ1v) is 5.62. The number of benzene rings is 1. The Balaban J connectivity index is 2.52. The number of aryl methyl sites for hydroxylation is 1. The minimum Gasteiger partial charge on any atom is -0.330 e. The van der Waals surface area contributed by atoms with Gasteiger partial charge in [-0.1, -0.05) is 12.1 Å². The van der Waals surface area contributed by atoms with Crippen molar-refractivity contribution in [3.05, 3.63) is 41.3 Å². The van der Waals surface area contributed by atoms with Crippen molar-refractivity contribution in [2.45, 2.75) is 13.3 Å². The quantitative estimate of drug-likeness (QED) is 0.881. The van der Waals surface area contributed by atoms with Gasteiger partial charge in [-0.15, -0.1) is 0 Å². The van der Waals surface area contributed by atoms with Crippen LogP contribution >= 0.6 is 0 Å². The maximum absolute atomic E-state index is 13.2. The highest BCUT2D eigenvalue weighted by Gasteiger charge is 2.13. The average molecular weight is 233 g/mol. The highest BCUT2D eigenvalue weighted by atomic mass is 19.1. The number of aromatic nitrogens is 2. The van der Waals surface area contributed by atoms with Crippen LogP contribution in [-0.2, 0) is 13.5 Å². The zero-order valence-electron chi connectivity index (χ0n) is 10.1. The molecule has 2 rings (SSSR count). The minimum absolute atomic E-state index is 0.233. The molecule has 0 spiro atoms. The molecular formula is C13H16FN3. The van der Waals surface area contributed by atoms with Crippen molar-refractivity contribution in [3.63, 3.8) is 0 Å². The van der Waals surface area contributed by atoms with Crippen LogP contribution in [-0.4, -0.2) is 16.3 Å². The molecule has 2 aromatic rings. The predicted molar refractivity (Wildman–Crippen MR) is 66.1 cm³/mol. The van der Waals surface area contributed by atoms with Crippen LogP contribution in [0.25, 0.3) is 11.3 Å². The fraction of sp³-hybridized carbons (Fsp3) is 0.308. The van der Waals surface area contributed by atoms with E-state index in [2.05, 4.69) is 5.10 Å². The summed E-state index contributed by atoms with van der Waals surface area (Å²) in [6.07, 6.45) is 0.745. The third kappa shape index (κ3) is 2.22. The van der Waals surface area contributed by atoms with Crippen LogP contribution < -0.4 is 5.73 Å². The topological polar surface area (TPSA) is 43.8 Å². The molecule has 1 aromatic carbocycles. The first kappa shape index (κ1) is 11.8. The van der Waals surface area contributed by atoms with Gasteiger partial charge in [0.15, 0.2) is 0 Å². The van der Waals surface area contributed by atoms with E-state index in [4.69, 9.17) is 5.73 Å². The molecule has 1 heterocycles. The molecule has 0 saturated carbocycles. The second-order valence-corrected chi connectivity index (χ2v) is 4.09. The summed E-state index contributed by atoms with van der Waals surface area (Å²) in [6, 6.07) is 6.56. The molecule has 0 unspecified atom stereocenters. The van der Waals surface area contributed by atoms with Crippen molar-refractivity contribution < 1.29 is 4.39 Å². The Morgan fingerprint density at radius 1 is 1.41 bits per heavy atom. The largest absolute Gasteiger partial charge is 0.330 e. The smallest absolute Gasteiger partial charge is 0.123 e. The molecule has 3 nitrogen and oxygen atoms in total. The summed E-state index contributed by atoms with van der Waals surface area (Å²) in [4.78, 5) is 0. The number of hydrogen-bond donors (Lipinski definition) is 1. The molecule has 17 heavy (non-hydrogen) atoms. The monoisotopic (exact) mass is 233 g/mol. The lowest BCUT2D eigenvalue weighted by Crippen LogP contribution is -2.04. The molecule has 0 bridgehead atoms. The SMILES string of the molecule is Cc1c(CCN)nn(C)c1-c1cccc(F)c1. The lowest BCUT2D eigenvalue weighted by Gasteiger charge is -2.03. The summed E-state index contributed by atoms with van der Waals surface area (Å²) >= 11 is 0. The van der Waals surface area contributed by atoms with Crippen molar-refractivity contribution in [3.8, 4) is 11.3 Å². The number of hydrogen-bond acceptors (Lipinski definition) is 2. The molecule has 4 heteroatoms. The van der Waals surface area contributed by atoms with Crippen LogP contribution in [0.4, 0.5) is 4.39 Å². The van der Waals surface area contributed by atoms with Gasteiger partial charge in [-0.2, -0.15) is 5.10 Å². The third-order valence-electron chi connectivity index (χ3n) is 2.86. The Bertz CT molecular complexity index is 531. The fourth-order valence-electron chi connectivity index (χ4n) is 2.10. The number of nitrogens with two attached hydrogens (primary N) is 1. The van der Waals surface area contributed by atoms with Crippen LogP contribution in [0, 0.1) is 12.7 Å². The molecule has 0 saturated heterocycles. The number of nitrogens with zero attached hydrogens (tertiary/aromatic N) is 2. The maximum Gasteiger partial charge on any atom is 0.123 e. The standard InChI is InChI=1S/C13H16FN3/c1-9-12(6-7-15)16-17(2)13(9)10-4-3-5-11(14)8-10/h3-5,8H,6-7,15H2,1-2H3. The Labute approximate surface area is 100 Å². The van der Waals surface area contributed by atoms with Crippen molar-refractivity contribution >= 4 is 0 Å². The summed E-state index contributed by atoms with van der Waals surface area (Å²) in [6.45, 7) is 2.57. The van der Waals surface area contributed by atoms with E-state index in [0.717, 1.165) is 28.9 Å². The summed E-state index contributed by atoms with van der Waals surface area (Å²) in [5.41, 5.74) is 9.40. The van der Waals surface area contributed by atoms with Crippen LogP contribution in [0.15, 0.2) is 24.3 Å². The molecule has 0 radical (unpaired) electrons. The van der Waals surface area contributed by atoms with Crippen molar-refractivity contribution in [1.82, 2.24) is 9.78 Å². The van der Waals surface area contributed by atoms with Crippen LogP contribution in [0.5, 0.6) is 0 Å². The normalized spacial score (nSPS) is 10.8. The van der Waals surface area contributed by atoms with E-state index in [1.54, 1.807) is 10.7 Å². The van der Waals surface area contributed by atoms with Gasteiger partial charge < -0.3 is 5.73 Å². The maximum atomic E-state index is 13.2. The van der Waals surface area contributed by atoms with Gasteiger partial charge in [0, 0.05) is 19.0 Å². The molecule has 0 atom stereocenters. The number of halogens is 1. The second-order valence-electron chi connectivity index (χ2n) is 4.09. The minimum atomic E-state index is -0.233. The van der Waals surface area contributed by atoms with Crippen molar-refractivity contribution in [1.29, 1.82) is 0 Å². The van der Waals surface area contributed by atoms with Crippen LogP contribution in [0.1, 0.15) is 11.3 Å². The Hall–Kier alpha value is -1.68. The Morgan fingerprint density at radius 3 is 2.82 bits per heavy atom. The molecule has 0 aliphatic heterocycles. The highest BCUT2D eigenvalue weighted by molar-refractivity contribution is 5.64. The van der Waals surface area contributed by atoms with E-state index >= 15 is 0 Å². The summed E-state index contributed by atoms with van der Waals surface area (Å²) in [5, 5.41) is 4.42. The average Bonchev–Trinajstić information content (AvgIpc) is 2.55. The first-order chi connectivity index (χ1) is 8.13. The van der Waals surface area contributed by atoms with Crippen molar-refractivity contribution in [2.75, 3.05) is 6.54 Å². The Kier molecular flexibility index (Phi) is 3.24. The zero-order chi connectivity index (χ0) is 12.4. The molecular weight excluding hydrogens is 217 g/mol. The molecule has 0 aliphatic carbocycles. The number of rotatable bonds is 3. The summed E-state index contributed by atoms with van der Waals surface area (Å²) < 4.78 is 15.0. The lowest BCUT2D eigenvalue weighted by molar-refractivity contribution is 0.628. The molecule has 0 amide bonds. The molecule has 1 aromatic heterocycles. The molecule has 90 valence electrons. The van der Waals surface area contributed by atoms with Crippen molar-refractivity contribution in [2.24, 2.45) is 12.8 Å². The zero-order valence-corrected chi connectivity index (χ0v) is 10.1.